The number of anilines is 1. The smallest absolute Gasteiger partial charge is 0.330 e. The Balaban J connectivity index is 1.79. The molecule has 1 N–H and O–H groups in total. The summed E-state index contributed by atoms with van der Waals surface area (Å²) in [6, 6.07) is 20.3. The second kappa shape index (κ2) is 9.87. The fourth-order valence-corrected chi connectivity index (χ4v) is 4.90. The number of aromatic hydroxyl groups is 1. The fourth-order valence-electron chi connectivity index (χ4n) is 4.90. The van der Waals surface area contributed by atoms with E-state index >= 15 is 0 Å². The predicted octanol–water partition coefficient (Wildman–Crippen LogP) is 6.00. The van der Waals surface area contributed by atoms with Crippen molar-refractivity contribution in [3.05, 3.63) is 94.6 Å². The lowest BCUT2D eigenvalue weighted by Crippen LogP contribution is -2.49. The maximum absolute atomic E-state index is 11.5. The molecule has 0 aromatic heterocycles. The molecule has 3 aromatic carbocycles. The average Bonchev–Trinajstić information content (AvgIpc) is 2.84. The van der Waals surface area contributed by atoms with Gasteiger partial charge in [0, 0.05) is 18.3 Å². The number of carbonyl (C=O) groups excluding carboxylic acids is 1. The molecule has 1 heterocycles. The topological polar surface area (TPSA) is 59.0 Å². The van der Waals surface area contributed by atoms with Crippen molar-refractivity contribution in [3.8, 4) is 11.5 Å². The van der Waals surface area contributed by atoms with Crippen LogP contribution in [0.2, 0.25) is 0 Å². The third-order valence-electron chi connectivity index (χ3n) is 6.68. The maximum Gasteiger partial charge on any atom is 0.330 e. The Morgan fingerprint density at radius 1 is 1.09 bits per heavy atom. The SMILES string of the molecule is COC(=O)C=Cc1ccc(C2(C)c3ccc(O)cc3CCN2c2ccc(OC(C)C)c(C)c2)cc1. The van der Waals surface area contributed by atoms with E-state index in [4.69, 9.17) is 9.47 Å². The second-order valence-corrected chi connectivity index (χ2v) is 9.41. The number of phenols is 1. The first kappa shape index (κ1) is 24.4. The van der Waals surface area contributed by atoms with E-state index in [0.717, 1.165) is 46.7 Å². The molecule has 1 atom stereocenters. The number of methoxy groups -OCH3 is 1. The first-order valence-electron chi connectivity index (χ1n) is 12.0. The summed E-state index contributed by atoms with van der Waals surface area (Å²) in [5.41, 5.74) is 6.11. The Kier molecular flexibility index (Phi) is 6.88. The summed E-state index contributed by atoms with van der Waals surface area (Å²) in [4.78, 5) is 13.9. The monoisotopic (exact) mass is 471 g/mol. The van der Waals surface area contributed by atoms with Crippen LogP contribution in [0, 0.1) is 6.92 Å². The number of fused-ring (bicyclic) bond motifs is 1. The highest BCUT2D eigenvalue weighted by Gasteiger charge is 2.40. The van der Waals surface area contributed by atoms with E-state index in [-0.39, 0.29) is 17.8 Å². The van der Waals surface area contributed by atoms with Crippen LogP contribution >= 0.6 is 0 Å². The summed E-state index contributed by atoms with van der Waals surface area (Å²) in [6.45, 7) is 9.18. The van der Waals surface area contributed by atoms with Crippen molar-refractivity contribution >= 4 is 17.7 Å². The number of aryl methyl sites for hydroxylation is 1. The van der Waals surface area contributed by atoms with Crippen LogP contribution in [0.25, 0.3) is 6.08 Å². The Labute approximate surface area is 207 Å². The first-order valence-corrected chi connectivity index (χ1v) is 12.0. The largest absolute Gasteiger partial charge is 0.508 e. The molecule has 0 saturated heterocycles. The number of hydrogen-bond donors (Lipinski definition) is 1. The Hall–Kier alpha value is -3.73. The molecule has 0 saturated carbocycles. The molecule has 0 spiro atoms. The zero-order chi connectivity index (χ0) is 25.2. The van der Waals surface area contributed by atoms with Crippen molar-refractivity contribution in [3.63, 3.8) is 0 Å². The highest BCUT2D eigenvalue weighted by molar-refractivity contribution is 5.86. The number of ether oxygens (including phenoxy) is 2. The number of carbonyl (C=O) groups is 1. The van der Waals surface area contributed by atoms with Crippen LogP contribution in [0.15, 0.2) is 66.7 Å². The van der Waals surface area contributed by atoms with Crippen molar-refractivity contribution in [2.45, 2.75) is 45.8 Å². The van der Waals surface area contributed by atoms with E-state index in [1.54, 1.807) is 12.1 Å². The van der Waals surface area contributed by atoms with Crippen molar-refractivity contribution in [1.82, 2.24) is 0 Å². The number of esters is 1. The molecule has 1 aliphatic heterocycles. The standard InChI is InChI=1S/C30H33NO4/c1-20(2)35-28-14-11-25(18-21(28)3)31-17-16-23-19-26(32)12-13-27(23)30(31,4)24-9-6-22(7-10-24)8-15-29(33)34-5/h6-15,18-20,32H,16-17H2,1-5H3. The van der Waals surface area contributed by atoms with Crippen molar-refractivity contribution in [2.75, 3.05) is 18.6 Å². The molecule has 182 valence electrons. The summed E-state index contributed by atoms with van der Waals surface area (Å²) in [5.74, 6) is 0.803. The van der Waals surface area contributed by atoms with Gasteiger partial charge in [-0.05, 0) is 98.3 Å². The molecule has 0 fully saturated rings. The van der Waals surface area contributed by atoms with Gasteiger partial charge in [0.2, 0.25) is 0 Å². The molecular weight excluding hydrogens is 438 g/mol. The lowest BCUT2D eigenvalue weighted by molar-refractivity contribution is -0.134. The van der Waals surface area contributed by atoms with Gasteiger partial charge in [0.15, 0.2) is 0 Å². The van der Waals surface area contributed by atoms with Gasteiger partial charge in [-0.15, -0.1) is 0 Å². The molecule has 5 nitrogen and oxygen atoms in total. The second-order valence-electron chi connectivity index (χ2n) is 9.41. The van der Waals surface area contributed by atoms with Crippen LogP contribution in [0.3, 0.4) is 0 Å². The van der Waals surface area contributed by atoms with Gasteiger partial charge in [0.05, 0.1) is 18.8 Å². The van der Waals surface area contributed by atoms with Crippen LogP contribution in [0.1, 0.15) is 48.6 Å². The molecular formula is C30H33NO4. The van der Waals surface area contributed by atoms with Gasteiger partial charge in [-0.1, -0.05) is 30.3 Å². The Morgan fingerprint density at radius 2 is 1.83 bits per heavy atom. The van der Waals surface area contributed by atoms with E-state index in [2.05, 4.69) is 49.1 Å². The zero-order valence-corrected chi connectivity index (χ0v) is 21.0. The van der Waals surface area contributed by atoms with Crippen LogP contribution in [0.5, 0.6) is 11.5 Å². The van der Waals surface area contributed by atoms with E-state index in [0.29, 0.717) is 0 Å². The van der Waals surface area contributed by atoms with Crippen LogP contribution in [0.4, 0.5) is 5.69 Å². The van der Waals surface area contributed by atoms with Crippen LogP contribution < -0.4 is 9.64 Å². The van der Waals surface area contributed by atoms with Crippen LogP contribution in [-0.4, -0.2) is 30.8 Å². The highest BCUT2D eigenvalue weighted by Crippen LogP contribution is 2.45. The van der Waals surface area contributed by atoms with Gasteiger partial charge in [-0.25, -0.2) is 4.79 Å². The van der Waals surface area contributed by atoms with E-state index in [1.165, 1.54) is 18.7 Å². The third kappa shape index (κ3) is 4.90. The number of phenolic OH excluding ortho intramolecular Hbond substituents is 1. The first-order chi connectivity index (χ1) is 16.7. The molecule has 0 aliphatic carbocycles. The molecule has 0 bridgehead atoms. The van der Waals surface area contributed by atoms with Crippen molar-refractivity contribution in [2.24, 2.45) is 0 Å². The molecule has 3 aromatic rings. The lowest BCUT2D eigenvalue weighted by Gasteiger charge is -2.48. The van der Waals surface area contributed by atoms with E-state index in [1.807, 2.05) is 38.1 Å². The van der Waals surface area contributed by atoms with Gasteiger partial charge in [-0.3, -0.25) is 0 Å². The van der Waals surface area contributed by atoms with Gasteiger partial charge < -0.3 is 19.5 Å². The van der Waals surface area contributed by atoms with Crippen LogP contribution in [-0.2, 0) is 21.5 Å². The summed E-state index contributed by atoms with van der Waals surface area (Å²) in [7, 11) is 1.37. The number of benzene rings is 3. The zero-order valence-electron chi connectivity index (χ0n) is 21.0. The Bertz CT molecular complexity index is 1250. The number of rotatable bonds is 6. The third-order valence-corrected chi connectivity index (χ3v) is 6.68. The minimum atomic E-state index is -0.460. The van der Waals surface area contributed by atoms with Gasteiger partial charge >= 0.3 is 5.97 Å². The van der Waals surface area contributed by atoms with E-state index < -0.39 is 5.54 Å². The number of nitrogens with zero attached hydrogens (tertiary/aromatic N) is 1. The van der Waals surface area contributed by atoms with Crippen molar-refractivity contribution < 1.29 is 19.4 Å². The minimum absolute atomic E-state index is 0.117. The minimum Gasteiger partial charge on any atom is -0.508 e. The molecule has 0 amide bonds. The highest BCUT2D eigenvalue weighted by atomic mass is 16.5. The fraction of sp³-hybridized carbons (Fsp3) is 0.300. The maximum atomic E-state index is 11.5. The van der Waals surface area contributed by atoms with Gasteiger partial charge in [-0.2, -0.15) is 0 Å². The summed E-state index contributed by atoms with van der Waals surface area (Å²) in [6.07, 6.45) is 4.12. The summed E-state index contributed by atoms with van der Waals surface area (Å²) < 4.78 is 10.7. The lowest BCUT2D eigenvalue weighted by atomic mass is 9.76. The number of hydrogen-bond acceptors (Lipinski definition) is 5. The van der Waals surface area contributed by atoms with Gasteiger partial charge in [0.25, 0.3) is 0 Å². The average molecular weight is 472 g/mol. The van der Waals surface area contributed by atoms with Crippen molar-refractivity contribution in [1.29, 1.82) is 0 Å². The normalized spacial score (nSPS) is 17.5. The molecule has 1 aliphatic rings. The van der Waals surface area contributed by atoms with Gasteiger partial charge in [0.1, 0.15) is 11.5 Å². The molecule has 0 radical (unpaired) electrons. The van der Waals surface area contributed by atoms with E-state index in [9.17, 15) is 9.90 Å². The molecule has 4 rings (SSSR count). The predicted molar refractivity (Wildman–Crippen MR) is 140 cm³/mol. The quantitative estimate of drug-likeness (QED) is 0.353. The summed E-state index contributed by atoms with van der Waals surface area (Å²) >= 11 is 0. The molecule has 5 heteroatoms. The summed E-state index contributed by atoms with van der Waals surface area (Å²) in [5, 5.41) is 10.1. The Morgan fingerprint density at radius 3 is 2.49 bits per heavy atom. The molecule has 1 unspecified atom stereocenters. The molecule has 35 heavy (non-hydrogen) atoms.